The minimum atomic E-state index is -4.77. The summed E-state index contributed by atoms with van der Waals surface area (Å²) in [4.78, 5) is 24.0. The zero-order valence-electron chi connectivity index (χ0n) is 10.8. The second-order valence-electron chi connectivity index (χ2n) is 4.20. The molecule has 0 aliphatic rings. The smallest absolute Gasteiger partial charge is 0.289 e. The quantitative estimate of drug-likeness (QED) is 0.854. The van der Waals surface area contributed by atoms with Gasteiger partial charge in [0.05, 0.1) is 5.69 Å². The van der Waals surface area contributed by atoms with Gasteiger partial charge in [0.1, 0.15) is 5.69 Å². The number of aromatic nitrogens is 2. The predicted octanol–water partition coefficient (Wildman–Crippen LogP) is 2.69. The van der Waals surface area contributed by atoms with Gasteiger partial charge in [0, 0.05) is 17.6 Å². The third kappa shape index (κ3) is 2.87. The maximum atomic E-state index is 12.9. The van der Waals surface area contributed by atoms with Crippen molar-refractivity contribution in [2.24, 2.45) is 0 Å². The van der Waals surface area contributed by atoms with Crippen LogP contribution in [0.3, 0.4) is 0 Å². The summed E-state index contributed by atoms with van der Waals surface area (Å²) in [6.45, 7) is 1.19. The van der Waals surface area contributed by atoms with Crippen LogP contribution in [0, 0.1) is 0 Å². The molecule has 2 aromatic rings. The zero-order valence-corrected chi connectivity index (χ0v) is 11.6. The molecule has 2 rings (SSSR count). The lowest BCUT2D eigenvalue weighted by molar-refractivity contribution is -0.144. The van der Waals surface area contributed by atoms with Gasteiger partial charge in [-0.15, -0.1) is 0 Å². The highest BCUT2D eigenvalue weighted by atomic mass is 35.5. The van der Waals surface area contributed by atoms with Crippen LogP contribution in [0.15, 0.2) is 39.9 Å². The second kappa shape index (κ2) is 5.40. The molecule has 1 aromatic carbocycles. The summed E-state index contributed by atoms with van der Waals surface area (Å²) in [5.74, 6) is 0. The standard InChI is InChI=1S/C13H10ClF3N2O2/c1-2-18-10(13(15,16)17)7-11(20)19(12(18)21)9-5-3-8(14)4-6-9/h3-7H,2H2,1H3. The number of benzene rings is 1. The minimum absolute atomic E-state index is 0.158. The highest BCUT2D eigenvalue weighted by molar-refractivity contribution is 6.30. The predicted molar refractivity (Wildman–Crippen MR) is 72.0 cm³/mol. The van der Waals surface area contributed by atoms with E-state index < -0.39 is 23.1 Å². The van der Waals surface area contributed by atoms with Crippen molar-refractivity contribution in [1.29, 1.82) is 0 Å². The monoisotopic (exact) mass is 318 g/mol. The molecule has 0 saturated heterocycles. The molecule has 0 unspecified atom stereocenters. The molecule has 8 heteroatoms. The summed E-state index contributed by atoms with van der Waals surface area (Å²) in [6, 6.07) is 6.07. The lowest BCUT2D eigenvalue weighted by Gasteiger charge is -2.15. The average molecular weight is 319 g/mol. The number of alkyl halides is 3. The molecule has 0 aliphatic heterocycles. The van der Waals surface area contributed by atoms with Crippen LogP contribution in [0.5, 0.6) is 0 Å². The Hall–Kier alpha value is -2.02. The fourth-order valence-electron chi connectivity index (χ4n) is 1.95. The van der Waals surface area contributed by atoms with E-state index in [0.29, 0.717) is 20.2 Å². The molecule has 0 amide bonds. The number of hydrogen-bond acceptors (Lipinski definition) is 2. The fourth-order valence-corrected chi connectivity index (χ4v) is 2.07. The first kappa shape index (κ1) is 15.4. The van der Waals surface area contributed by atoms with Crippen molar-refractivity contribution >= 4 is 11.6 Å². The summed E-state index contributed by atoms with van der Waals surface area (Å²) >= 11 is 5.70. The summed E-state index contributed by atoms with van der Waals surface area (Å²) in [6.07, 6.45) is -4.77. The SMILES string of the molecule is CCn1c(C(F)(F)F)cc(=O)n(-c2ccc(Cl)cc2)c1=O. The van der Waals surface area contributed by atoms with Crippen LogP contribution in [-0.4, -0.2) is 9.13 Å². The van der Waals surface area contributed by atoms with Gasteiger partial charge in [0.15, 0.2) is 0 Å². The molecule has 0 fully saturated rings. The van der Waals surface area contributed by atoms with Gasteiger partial charge in [-0.3, -0.25) is 9.36 Å². The first-order chi connectivity index (χ1) is 9.75. The molecular weight excluding hydrogens is 309 g/mol. The minimum Gasteiger partial charge on any atom is -0.289 e. The van der Waals surface area contributed by atoms with Gasteiger partial charge in [0.25, 0.3) is 5.56 Å². The number of halogens is 4. The molecule has 1 heterocycles. The van der Waals surface area contributed by atoms with Gasteiger partial charge in [0.2, 0.25) is 0 Å². The molecular formula is C13H10ClF3N2O2. The Balaban J connectivity index is 2.79. The third-order valence-corrected chi connectivity index (χ3v) is 3.14. The van der Waals surface area contributed by atoms with Crippen LogP contribution in [0.25, 0.3) is 5.69 Å². The summed E-state index contributed by atoms with van der Waals surface area (Å²) in [5.41, 5.74) is -3.19. The van der Waals surface area contributed by atoms with Gasteiger partial charge in [-0.1, -0.05) is 11.6 Å². The molecule has 0 radical (unpaired) electrons. The van der Waals surface area contributed by atoms with E-state index in [0.717, 1.165) is 0 Å². The van der Waals surface area contributed by atoms with E-state index in [1.165, 1.54) is 31.2 Å². The van der Waals surface area contributed by atoms with Crippen molar-refractivity contribution in [1.82, 2.24) is 9.13 Å². The van der Waals surface area contributed by atoms with Crippen LogP contribution in [-0.2, 0) is 12.7 Å². The van der Waals surface area contributed by atoms with Crippen molar-refractivity contribution in [2.45, 2.75) is 19.6 Å². The Morgan fingerprint density at radius 3 is 2.19 bits per heavy atom. The zero-order chi connectivity index (χ0) is 15.8. The molecule has 0 saturated carbocycles. The van der Waals surface area contributed by atoms with Crippen molar-refractivity contribution in [3.63, 3.8) is 0 Å². The van der Waals surface area contributed by atoms with Gasteiger partial charge in [-0.25, -0.2) is 9.36 Å². The average Bonchev–Trinajstić information content (AvgIpc) is 2.39. The van der Waals surface area contributed by atoms with Crippen molar-refractivity contribution in [3.8, 4) is 5.69 Å². The fraction of sp³-hybridized carbons (Fsp3) is 0.231. The maximum Gasteiger partial charge on any atom is 0.431 e. The Kier molecular flexibility index (Phi) is 3.95. The molecule has 4 nitrogen and oxygen atoms in total. The van der Waals surface area contributed by atoms with E-state index in [1.807, 2.05) is 0 Å². The van der Waals surface area contributed by atoms with Crippen molar-refractivity contribution < 1.29 is 13.2 Å². The number of rotatable bonds is 2. The lowest BCUT2D eigenvalue weighted by atomic mass is 10.3. The number of nitrogens with zero attached hydrogens (tertiary/aromatic N) is 2. The molecule has 21 heavy (non-hydrogen) atoms. The maximum absolute atomic E-state index is 12.9. The molecule has 1 aromatic heterocycles. The van der Waals surface area contributed by atoms with Gasteiger partial charge in [-0.2, -0.15) is 13.2 Å². The molecule has 112 valence electrons. The largest absolute Gasteiger partial charge is 0.431 e. The van der Waals surface area contributed by atoms with Crippen LogP contribution < -0.4 is 11.2 Å². The third-order valence-electron chi connectivity index (χ3n) is 2.89. The van der Waals surface area contributed by atoms with Crippen LogP contribution in [0.4, 0.5) is 13.2 Å². The Bertz CT molecular complexity index is 776. The van der Waals surface area contributed by atoms with E-state index in [9.17, 15) is 22.8 Å². The second-order valence-corrected chi connectivity index (χ2v) is 4.64. The lowest BCUT2D eigenvalue weighted by Crippen LogP contribution is -2.41. The van der Waals surface area contributed by atoms with Crippen LogP contribution in [0.2, 0.25) is 5.02 Å². The highest BCUT2D eigenvalue weighted by Crippen LogP contribution is 2.27. The van der Waals surface area contributed by atoms with Crippen molar-refractivity contribution in [2.75, 3.05) is 0 Å². The Labute approximate surface area is 122 Å². The van der Waals surface area contributed by atoms with Gasteiger partial charge in [-0.05, 0) is 31.2 Å². The van der Waals surface area contributed by atoms with E-state index in [4.69, 9.17) is 11.6 Å². The van der Waals surface area contributed by atoms with E-state index in [2.05, 4.69) is 0 Å². The van der Waals surface area contributed by atoms with Crippen LogP contribution in [0.1, 0.15) is 12.6 Å². The normalized spacial score (nSPS) is 11.7. The van der Waals surface area contributed by atoms with E-state index in [-0.39, 0.29) is 12.2 Å². The first-order valence-electron chi connectivity index (χ1n) is 5.95. The Morgan fingerprint density at radius 2 is 1.71 bits per heavy atom. The highest BCUT2D eigenvalue weighted by Gasteiger charge is 2.35. The number of hydrogen-bond donors (Lipinski definition) is 0. The van der Waals surface area contributed by atoms with Crippen LogP contribution >= 0.6 is 11.6 Å². The van der Waals surface area contributed by atoms with Crippen molar-refractivity contribution in [3.05, 3.63) is 61.9 Å². The van der Waals surface area contributed by atoms with Gasteiger partial charge < -0.3 is 0 Å². The van der Waals surface area contributed by atoms with Gasteiger partial charge >= 0.3 is 11.9 Å². The molecule has 0 atom stereocenters. The summed E-state index contributed by atoms with van der Waals surface area (Å²) in [7, 11) is 0. The van der Waals surface area contributed by atoms with E-state index >= 15 is 0 Å². The molecule has 0 bridgehead atoms. The van der Waals surface area contributed by atoms with E-state index in [1.54, 1.807) is 0 Å². The Morgan fingerprint density at radius 1 is 1.14 bits per heavy atom. The summed E-state index contributed by atoms with van der Waals surface area (Å²) in [5, 5.41) is 0.384. The topological polar surface area (TPSA) is 44.0 Å². The summed E-state index contributed by atoms with van der Waals surface area (Å²) < 4.78 is 39.8. The first-order valence-corrected chi connectivity index (χ1v) is 6.33. The molecule has 0 N–H and O–H groups in total. The molecule has 0 spiro atoms. The molecule has 0 aliphatic carbocycles.